The van der Waals surface area contributed by atoms with Crippen LogP contribution in [0.1, 0.15) is 25.7 Å². The lowest BCUT2D eigenvalue weighted by molar-refractivity contribution is 0.670. The molecule has 10 heavy (non-hydrogen) atoms. The van der Waals surface area contributed by atoms with Crippen LogP contribution >= 0.6 is 0 Å². The van der Waals surface area contributed by atoms with Crippen molar-refractivity contribution in [3.63, 3.8) is 0 Å². The fourth-order valence-electron chi connectivity index (χ4n) is 1.30. The van der Waals surface area contributed by atoms with Gasteiger partial charge in [-0.1, -0.05) is 6.58 Å². The molecular formula is C8H14N2. The minimum atomic E-state index is 0.650. The Labute approximate surface area is 61.6 Å². The molecule has 0 spiro atoms. The molecule has 0 heterocycles. The van der Waals surface area contributed by atoms with E-state index in [0.717, 1.165) is 24.1 Å². The molecule has 0 aromatic carbocycles. The summed E-state index contributed by atoms with van der Waals surface area (Å²) in [5, 5.41) is 0. The smallest absolute Gasteiger partial charge is 0.0290 e. The van der Waals surface area contributed by atoms with Crippen LogP contribution in [0.2, 0.25) is 0 Å². The monoisotopic (exact) mass is 138 g/mol. The van der Waals surface area contributed by atoms with Gasteiger partial charge in [-0.2, -0.15) is 0 Å². The van der Waals surface area contributed by atoms with E-state index in [1.165, 1.54) is 12.8 Å². The standard InChI is InChI=1S/C8H14N2/c1-6(9)7-4-2-3-5-8(7)10/h1-5,9-10H2. The average molecular weight is 138 g/mol. The van der Waals surface area contributed by atoms with Crippen molar-refractivity contribution in [2.45, 2.75) is 25.7 Å². The maximum Gasteiger partial charge on any atom is 0.0290 e. The first-order chi connectivity index (χ1) is 4.72. The fraction of sp³-hybridized carbons (Fsp3) is 0.500. The van der Waals surface area contributed by atoms with Crippen LogP contribution in [0.25, 0.3) is 0 Å². The predicted octanol–water partition coefficient (Wildman–Crippen LogP) is 1.25. The molecular weight excluding hydrogens is 124 g/mol. The number of hydrogen-bond acceptors (Lipinski definition) is 2. The van der Waals surface area contributed by atoms with Crippen molar-refractivity contribution in [1.82, 2.24) is 0 Å². The van der Waals surface area contributed by atoms with Gasteiger partial charge in [0.1, 0.15) is 0 Å². The topological polar surface area (TPSA) is 52.0 Å². The van der Waals surface area contributed by atoms with Crippen LogP contribution in [0.3, 0.4) is 0 Å². The first-order valence-corrected chi connectivity index (χ1v) is 3.64. The Morgan fingerprint density at radius 3 is 2.30 bits per heavy atom. The second-order valence-electron chi connectivity index (χ2n) is 2.74. The second kappa shape index (κ2) is 2.78. The molecule has 56 valence electrons. The Morgan fingerprint density at radius 2 is 1.90 bits per heavy atom. The summed E-state index contributed by atoms with van der Waals surface area (Å²) in [4.78, 5) is 0. The number of nitrogens with two attached hydrogens (primary N) is 2. The van der Waals surface area contributed by atoms with E-state index in [4.69, 9.17) is 11.5 Å². The molecule has 0 radical (unpaired) electrons. The molecule has 4 N–H and O–H groups in total. The Balaban J connectivity index is 2.78. The van der Waals surface area contributed by atoms with E-state index in [0.29, 0.717) is 5.70 Å². The van der Waals surface area contributed by atoms with Crippen molar-refractivity contribution >= 4 is 0 Å². The Morgan fingerprint density at radius 1 is 1.30 bits per heavy atom. The molecule has 0 saturated carbocycles. The van der Waals surface area contributed by atoms with Crippen molar-refractivity contribution < 1.29 is 0 Å². The van der Waals surface area contributed by atoms with Crippen LogP contribution in [0.5, 0.6) is 0 Å². The van der Waals surface area contributed by atoms with Gasteiger partial charge >= 0.3 is 0 Å². The summed E-state index contributed by atoms with van der Waals surface area (Å²) in [7, 11) is 0. The summed E-state index contributed by atoms with van der Waals surface area (Å²) in [6, 6.07) is 0. The first-order valence-electron chi connectivity index (χ1n) is 3.64. The van der Waals surface area contributed by atoms with Gasteiger partial charge in [-0.05, 0) is 31.3 Å². The van der Waals surface area contributed by atoms with E-state index in [1.54, 1.807) is 0 Å². The third kappa shape index (κ3) is 1.32. The van der Waals surface area contributed by atoms with Crippen molar-refractivity contribution in [2.75, 3.05) is 0 Å². The van der Waals surface area contributed by atoms with Crippen LogP contribution in [-0.2, 0) is 0 Å². The number of allylic oxidation sites excluding steroid dienone is 2. The molecule has 0 aliphatic heterocycles. The van der Waals surface area contributed by atoms with Crippen LogP contribution in [0.4, 0.5) is 0 Å². The first kappa shape index (κ1) is 7.19. The molecule has 1 rings (SSSR count). The zero-order chi connectivity index (χ0) is 7.56. The number of hydrogen-bond donors (Lipinski definition) is 2. The summed E-state index contributed by atoms with van der Waals surface area (Å²) in [5.74, 6) is 0. The van der Waals surface area contributed by atoms with Crippen LogP contribution < -0.4 is 11.5 Å². The second-order valence-corrected chi connectivity index (χ2v) is 2.74. The third-order valence-corrected chi connectivity index (χ3v) is 1.90. The normalized spacial score (nSPS) is 19.2. The lowest BCUT2D eigenvalue weighted by atomic mass is 9.95. The van der Waals surface area contributed by atoms with Crippen LogP contribution in [0, 0.1) is 0 Å². The fourth-order valence-corrected chi connectivity index (χ4v) is 1.30. The molecule has 0 aromatic heterocycles. The number of rotatable bonds is 1. The zero-order valence-electron chi connectivity index (χ0n) is 6.19. The van der Waals surface area contributed by atoms with Crippen molar-refractivity contribution in [2.24, 2.45) is 11.5 Å². The van der Waals surface area contributed by atoms with Gasteiger partial charge in [-0.3, -0.25) is 0 Å². The van der Waals surface area contributed by atoms with Crippen LogP contribution in [-0.4, -0.2) is 0 Å². The summed E-state index contributed by atoms with van der Waals surface area (Å²) < 4.78 is 0. The molecule has 1 aliphatic rings. The largest absolute Gasteiger partial charge is 0.402 e. The molecule has 0 atom stereocenters. The van der Waals surface area contributed by atoms with E-state index >= 15 is 0 Å². The van der Waals surface area contributed by atoms with Gasteiger partial charge in [0.15, 0.2) is 0 Å². The van der Waals surface area contributed by atoms with Gasteiger partial charge in [0.25, 0.3) is 0 Å². The maximum atomic E-state index is 5.72. The Hall–Kier alpha value is -0.920. The Kier molecular flexibility index (Phi) is 2.00. The molecule has 2 nitrogen and oxygen atoms in total. The van der Waals surface area contributed by atoms with Crippen LogP contribution in [0.15, 0.2) is 23.5 Å². The van der Waals surface area contributed by atoms with Gasteiger partial charge in [0.05, 0.1) is 0 Å². The highest BCUT2D eigenvalue weighted by atomic mass is 14.6. The highest BCUT2D eigenvalue weighted by Gasteiger charge is 2.09. The minimum Gasteiger partial charge on any atom is -0.402 e. The summed E-state index contributed by atoms with van der Waals surface area (Å²) in [5.41, 5.74) is 13.9. The minimum absolute atomic E-state index is 0.650. The van der Waals surface area contributed by atoms with E-state index in [9.17, 15) is 0 Å². The third-order valence-electron chi connectivity index (χ3n) is 1.90. The maximum absolute atomic E-state index is 5.72. The highest BCUT2D eigenvalue weighted by Crippen LogP contribution is 2.23. The van der Waals surface area contributed by atoms with Gasteiger partial charge < -0.3 is 11.5 Å². The highest BCUT2D eigenvalue weighted by molar-refractivity contribution is 5.30. The molecule has 0 bridgehead atoms. The van der Waals surface area contributed by atoms with Gasteiger partial charge in [0.2, 0.25) is 0 Å². The SMILES string of the molecule is C=C(N)C1=C(N)CCCC1. The molecule has 2 heteroatoms. The van der Waals surface area contributed by atoms with Crippen molar-refractivity contribution in [3.05, 3.63) is 23.5 Å². The molecule has 0 aromatic rings. The van der Waals surface area contributed by atoms with Crippen molar-refractivity contribution in [1.29, 1.82) is 0 Å². The molecule has 0 amide bonds. The average Bonchev–Trinajstić information content (AvgIpc) is 1.88. The lowest BCUT2D eigenvalue weighted by Crippen LogP contribution is -2.12. The van der Waals surface area contributed by atoms with E-state index in [2.05, 4.69) is 6.58 Å². The summed E-state index contributed by atoms with van der Waals surface area (Å²) >= 11 is 0. The summed E-state index contributed by atoms with van der Waals surface area (Å²) in [6.07, 6.45) is 4.40. The summed E-state index contributed by atoms with van der Waals surface area (Å²) in [6.45, 7) is 3.67. The lowest BCUT2D eigenvalue weighted by Gasteiger charge is -2.16. The van der Waals surface area contributed by atoms with Gasteiger partial charge in [0, 0.05) is 11.4 Å². The molecule has 0 fully saturated rings. The predicted molar refractivity (Wildman–Crippen MR) is 43.0 cm³/mol. The molecule has 1 aliphatic carbocycles. The van der Waals surface area contributed by atoms with Gasteiger partial charge in [-0.25, -0.2) is 0 Å². The molecule has 0 unspecified atom stereocenters. The van der Waals surface area contributed by atoms with E-state index in [1.807, 2.05) is 0 Å². The molecule has 0 saturated heterocycles. The van der Waals surface area contributed by atoms with E-state index < -0.39 is 0 Å². The van der Waals surface area contributed by atoms with Gasteiger partial charge in [-0.15, -0.1) is 0 Å². The quantitative estimate of drug-likeness (QED) is 0.573. The van der Waals surface area contributed by atoms with E-state index in [-0.39, 0.29) is 0 Å². The van der Waals surface area contributed by atoms with Crippen molar-refractivity contribution in [3.8, 4) is 0 Å². The Bertz CT molecular complexity index is 180. The zero-order valence-corrected chi connectivity index (χ0v) is 6.19.